The molecule has 0 aromatic heterocycles. The molecule has 0 spiro atoms. The van der Waals surface area contributed by atoms with Crippen LogP contribution in [-0.4, -0.2) is 16.7 Å². The number of phenolic OH excluding ortho intramolecular Hbond substituents is 1. The zero-order valence-corrected chi connectivity index (χ0v) is 9.31. The number of hydrogen-bond donors (Lipinski definition) is 2. The Morgan fingerprint density at radius 2 is 1.67 bits per heavy atom. The smallest absolute Gasteiger partial charge is 0.198 e. The van der Waals surface area contributed by atoms with Crippen LogP contribution in [0.15, 0.2) is 36.4 Å². The molecule has 0 fully saturated rings. The van der Waals surface area contributed by atoms with Crippen LogP contribution in [0.1, 0.15) is 31.8 Å². The molecular weight excluding hydrogens is 230 g/mol. The highest BCUT2D eigenvalue weighted by molar-refractivity contribution is 6.29. The van der Waals surface area contributed by atoms with E-state index in [1.807, 2.05) is 0 Å². The molecule has 3 N–H and O–H groups in total. The number of nitrogens with two attached hydrogens (primary N) is 1. The molecule has 4 heteroatoms. The molecule has 0 atom stereocenters. The SMILES string of the molecule is Nc1ccc2c(c1)C(=O)c1cccc(O)c1C2=O. The van der Waals surface area contributed by atoms with Gasteiger partial charge in [0.25, 0.3) is 0 Å². The molecule has 1 aliphatic carbocycles. The van der Waals surface area contributed by atoms with Gasteiger partial charge in [0.05, 0.1) is 5.56 Å². The number of anilines is 1. The molecule has 1 aliphatic rings. The van der Waals surface area contributed by atoms with E-state index in [0.29, 0.717) is 5.69 Å². The van der Waals surface area contributed by atoms with Crippen molar-refractivity contribution in [1.82, 2.24) is 0 Å². The average Bonchev–Trinajstić information content (AvgIpc) is 2.35. The highest BCUT2D eigenvalue weighted by Crippen LogP contribution is 2.33. The van der Waals surface area contributed by atoms with Gasteiger partial charge in [-0.05, 0) is 24.3 Å². The predicted molar refractivity (Wildman–Crippen MR) is 65.8 cm³/mol. The molecule has 0 bridgehead atoms. The van der Waals surface area contributed by atoms with Gasteiger partial charge in [0.1, 0.15) is 5.75 Å². The summed E-state index contributed by atoms with van der Waals surface area (Å²) in [5.41, 5.74) is 6.92. The van der Waals surface area contributed by atoms with E-state index in [9.17, 15) is 14.7 Å². The van der Waals surface area contributed by atoms with Gasteiger partial charge < -0.3 is 10.8 Å². The molecule has 0 saturated carbocycles. The Morgan fingerprint density at radius 1 is 0.889 bits per heavy atom. The average molecular weight is 239 g/mol. The maximum Gasteiger partial charge on any atom is 0.198 e. The first-order valence-corrected chi connectivity index (χ1v) is 5.40. The molecule has 2 aromatic carbocycles. The van der Waals surface area contributed by atoms with Gasteiger partial charge >= 0.3 is 0 Å². The lowest BCUT2D eigenvalue weighted by molar-refractivity contribution is 0.0977. The van der Waals surface area contributed by atoms with Crippen LogP contribution in [0.25, 0.3) is 0 Å². The van der Waals surface area contributed by atoms with Crippen LogP contribution in [0, 0.1) is 0 Å². The zero-order chi connectivity index (χ0) is 12.9. The normalized spacial score (nSPS) is 13.1. The second-order valence-electron chi connectivity index (χ2n) is 4.16. The van der Waals surface area contributed by atoms with Crippen LogP contribution < -0.4 is 5.73 Å². The number of nitrogen functional groups attached to an aromatic ring is 1. The maximum atomic E-state index is 12.2. The number of benzene rings is 2. The molecular formula is C14H9NO3. The Labute approximate surface area is 103 Å². The summed E-state index contributed by atoms with van der Waals surface area (Å²) in [7, 11) is 0. The fraction of sp³-hybridized carbons (Fsp3) is 0. The van der Waals surface area contributed by atoms with Gasteiger partial charge in [-0.25, -0.2) is 0 Å². The van der Waals surface area contributed by atoms with E-state index in [1.165, 1.54) is 30.3 Å². The van der Waals surface area contributed by atoms with Crippen molar-refractivity contribution in [3.8, 4) is 5.75 Å². The molecule has 0 amide bonds. The van der Waals surface area contributed by atoms with E-state index in [2.05, 4.69) is 0 Å². The summed E-state index contributed by atoms with van der Waals surface area (Å²) >= 11 is 0. The molecule has 0 unspecified atom stereocenters. The summed E-state index contributed by atoms with van der Waals surface area (Å²) in [6.45, 7) is 0. The summed E-state index contributed by atoms with van der Waals surface area (Å²) in [5, 5.41) is 9.73. The number of ketones is 2. The van der Waals surface area contributed by atoms with Crippen LogP contribution >= 0.6 is 0 Å². The lowest BCUT2D eigenvalue weighted by Gasteiger charge is -2.18. The van der Waals surface area contributed by atoms with E-state index in [0.717, 1.165) is 0 Å². The summed E-state index contributed by atoms with van der Waals surface area (Å²) in [4.78, 5) is 24.5. The summed E-state index contributed by atoms with van der Waals surface area (Å²) in [6.07, 6.45) is 0. The Morgan fingerprint density at radius 3 is 2.44 bits per heavy atom. The number of aromatic hydroxyl groups is 1. The van der Waals surface area contributed by atoms with Crippen molar-refractivity contribution in [2.24, 2.45) is 0 Å². The van der Waals surface area contributed by atoms with Crippen molar-refractivity contribution in [3.05, 3.63) is 58.7 Å². The molecule has 18 heavy (non-hydrogen) atoms. The lowest BCUT2D eigenvalue weighted by Crippen LogP contribution is -2.21. The molecule has 0 heterocycles. The van der Waals surface area contributed by atoms with E-state index >= 15 is 0 Å². The number of rotatable bonds is 0. The summed E-state index contributed by atoms with van der Waals surface area (Å²) in [6, 6.07) is 9.03. The van der Waals surface area contributed by atoms with Gasteiger partial charge in [0.15, 0.2) is 11.6 Å². The minimum absolute atomic E-state index is 0.0692. The topological polar surface area (TPSA) is 80.4 Å². The van der Waals surface area contributed by atoms with Crippen molar-refractivity contribution in [2.45, 2.75) is 0 Å². The van der Waals surface area contributed by atoms with Gasteiger partial charge in [-0.1, -0.05) is 12.1 Å². The minimum atomic E-state index is -0.349. The minimum Gasteiger partial charge on any atom is -0.507 e. The van der Waals surface area contributed by atoms with E-state index in [4.69, 9.17) is 5.73 Å². The first kappa shape index (κ1) is 10.5. The van der Waals surface area contributed by atoms with Gasteiger partial charge in [-0.3, -0.25) is 9.59 Å². The third kappa shape index (κ3) is 1.26. The monoisotopic (exact) mass is 239 g/mol. The highest BCUT2D eigenvalue weighted by atomic mass is 16.3. The van der Waals surface area contributed by atoms with Crippen molar-refractivity contribution in [3.63, 3.8) is 0 Å². The highest BCUT2D eigenvalue weighted by Gasteiger charge is 2.31. The third-order valence-corrected chi connectivity index (χ3v) is 3.05. The second kappa shape index (κ2) is 3.43. The Bertz CT molecular complexity index is 700. The number of fused-ring (bicyclic) bond motifs is 2. The lowest BCUT2D eigenvalue weighted by atomic mass is 9.83. The summed E-state index contributed by atoms with van der Waals surface area (Å²) in [5.74, 6) is -0.811. The van der Waals surface area contributed by atoms with Gasteiger partial charge in [-0.2, -0.15) is 0 Å². The zero-order valence-electron chi connectivity index (χ0n) is 9.31. The maximum absolute atomic E-state index is 12.2. The quantitative estimate of drug-likeness (QED) is 0.585. The first-order chi connectivity index (χ1) is 8.59. The van der Waals surface area contributed by atoms with Crippen molar-refractivity contribution < 1.29 is 14.7 Å². The van der Waals surface area contributed by atoms with Crippen molar-refractivity contribution in [2.75, 3.05) is 5.73 Å². The standard InChI is InChI=1S/C14H9NO3/c15-7-4-5-8-10(6-7)13(17)9-2-1-3-11(16)12(9)14(8)18/h1-6,16H,15H2. The van der Waals surface area contributed by atoms with Crippen molar-refractivity contribution >= 4 is 17.3 Å². The number of carbonyl (C=O) groups excluding carboxylic acids is 2. The molecule has 88 valence electrons. The fourth-order valence-corrected chi connectivity index (χ4v) is 2.20. The van der Waals surface area contributed by atoms with Crippen LogP contribution in [0.5, 0.6) is 5.75 Å². The van der Waals surface area contributed by atoms with Crippen LogP contribution in [0.3, 0.4) is 0 Å². The Balaban J connectivity index is 2.35. The molecule has 0 saturated heterocycles. The second-order valence-corrected chi connectivity index (χ2v) is 4.16. The van der Waals surface area contributed by atoms with Crippen LogP contribution in [-0.2, 0) is 0 Å². The van der Waals surface area contributed by atoms with Gasteiger partial charge in [0.2, 0.25) is 0 Å². The molecule has 2 aromatic rings. The van der Waals surface area contributed by atoms with Crippen LogP contribution in [0.4, 0.5) is 5.69 Å². The molecule has 3 rings (SSSR count). The summed E-state index contributed by atoms with van der Waals surface area (Å²) < 4.78 is 0. The Hall–Kier alpha value is -2.62. The van der Waals surface area contributed by atoms with Gasteiger partial charge in [-0.15, -0.1) is 0 Å². The largest absolute Gasteiger partial charge is 0.507 e. The molecule has 0 aliphatic heterocycles. The first-order valence-electron chi connectivity index (χ1n) is 5.40. The third-order valence-electron chi connectivity index (χ3n) is 3.05. The van der Waals surface area contributed by atoms with E-state index in [-0.39, 0.29) is 39.6 Å². The Kier molecular flexibility index (Phi) is 2.01. The van der Waals surface area contributed by atoms with E-state index in [1.54, 1.807) is 6.07 Å². The van der Waals surface area contributed by atoms with Gasteiger partial charge in [0, 0.05) is 22.4 Å². The fourth-order valence-electron chi connectivity index (χ4n) is 2.20. The van der Waals surface area contributed by atoms with Crippen molar-refractivity contribution in [1.29, 1.82) is 0 Å². The van der Waals surface area contributed by atoms with E-state index < -0.39 is 0 Å². The number of carbonyl (C=O) groups is 2. The molecule has 4 nitrogen and oxygen atoms in total. The number of phenols is 1. The molecule has 0 radical (unpaired) electrons. The predicted octanol–water partition coefficient (Wildman–Crippen LogP) is 1.75. The van der Waals surface area contributed by atoms with Crippen LogP contribution in [0.2, 0.25) is 0 Å². The number of hydrogen-bond acceptors (Lipinski definition) is 4.